The van der Waals surface area contributed by atoms with Crippen molar-refractivity contribution in [3.05, 3.63) is 53.1 Å². The van der Waals surface area contributed by atoms with Crippen molar-refractivity contribution in [1.29, 1.82) is 5.26 Å². The zero-order valence-electron chi connectivity index (χ0n) is 26.7. The minimum Gasteiger partial charge on any atom is -0.461 e. The number of halogens is 4. The molecule has 3 fully saturated rings. The number of fused-ring (bicyclic) bond motifs is 3. The lowest BCUT2D eigenvalue weighted by Crippen LogP contribution is -2.43. The number of likely N-dealkylation sites (N-methyl/N-ethyl adjacent to an activating group) is 1. The summed E-state index contributed by atoms with van der Waals surface area (Å²) in [6.07, 6.45) is 4.21. The third-order valence-corrected chi connectivity index (χ3v) is 11.5. The van der Waals surface area contributed by atoms with Gasteiger partial charge in [0, 0.05) is 49.4 Å². The van der Waals surface area contributed by atoms with Crippen LogP contribution in [0.15, 0.2) is 30.9 Å². The van der Waals surface area contributed by atoms with Crippen LogP contribution >= 0.6 is 22.9 Å². The van der Waals surface area contributed by atoms with Gasteiger partial charge in [-0.05, 0) is 43.5 Å². The number of hydrogen-bond acceptors (Lipinski definition) is 11. The van der Waals surface area contributed by atoms with E-state index in [2.05, 4.69) is 20.0 Å². The summed E-state index contributed by atoms with van der Waals surface area (Å²) >= 11 is 7.74. The van der Waals surface area contributed by atoms with Crippen LogP contribution in [0.25, 0.3) is 32.1 Å². The van der Waals surface area contributed by atoms with Crippen LogP contribution in [0, 0.1) is 23.0 Å². The molecule has 2 aromatic carbocycles. The van der Waals surface area contributed by atoms with Crippen LogP contribution in [0.4, 0.5) is 28.8 Å². The molecule has 0 spiro atoms. The SMILES string of the molecule is CN(C(=O)n1cncn1)C1CCN(c2nc(OC[C@@]34CCCN3C[C@H](F)C4)nc3c(F)c(-c4ccc(F)c5sc(N)c(C#N)c45)c(Cl)cc23)C1. The summed E-state index contributed by atoms with van der Waals surface area (Å²) < 4.78 is 54.0. The van der Waals surface area contributed by atoms with Gasteiger partial charge in [0.25, 0.3) is 0 Å². The van der Waals surface area contributed by atoms with Gasteiger partial charge in [0.15, 0.2) is 5.82 Å². The van der Waals surface area contributed by atoms with Crippen molar-refractivity contribution < 1.29 is 22.7 Å². The highest BCUT2D eigenvalue weighted by Crippen LogP contribution is 2.46. The number of nitriles is 1. The van der Waals surface area contributed by atoms with Crippen molar-refractivity contribution in [1.82, 2.24) is 34.5 Å². The van der Waals surface area contributed by atoms with E-state index in [0.717, 1.165) is 35.4 Å². The Bertz CT molecular complexity index is 2210. The Balaban J connectivity index is 1.23. The molecule has 258 valence electrons. The molecule has 1 unspecified atom stereocenters. The molecule has 0 bridgehead atoms. The van der Waals surface area contributed by atoms with Crippen LogP contribution in [0.3, 0.4) is 0 Å². The molecule has 12 nitrogen and oxygen atoms in total. The second-order valence-corrected chi connectivity index (χ2v) is 14.5. The van der Waals surface area contributed by atoms with Crippen molar-refractivity contribution in [2.75, 3.05) is 50.5 Å². The van der Waals surface area contributed by atoms with E-state index in [-0.39, 0.29) is 67.0 Å². The van der Waals surface area contributed by atoms with E-state index < -0.39 is 23.3 Å². The molecule has 3 aliphatic rings. The number of aromatic nitrogens is 5. The topological polar surface area (TPSA) is 142 Å². The molecule has 0 aliphatic carbocycles. The number of amides is 1. The Morgan fingerprint density at radius 1 is 1.28 bits per heavy atom. The number of nitrogens with zero attached hydrogens (tertiary/aromatic N) is 9. The molecule has 0 radical (unpaired) electrons. The Kier molecular flexibility index (Phi) is 7.96. The van der Waals surface area contributed by atoms with Gasteiger partial charge in [-0.3, -0.25) is 4.90 Å². The van der Waals surface area contributed by atoms with E-state index in [1.807, 2.05) is 11.0 Å². The fourth-order valence-electron chi connectivity index (χ4n) is 7.74. The molecule has 6 heterocycles. The first-order valence-corrected chi connectivity index (χ1v) is 17.3. The predicted molar refractivity (Wildman–Crippen MR) is 182 cm³/mol. The van der Waals surface area contributed by atoms with E-state index in [4.69, 9.17) is 27.1 Å². The number of anilines is 2. The normalized spacial score (nSPS) is 22.0. The smallest absolute Gasteiger partial charge is 0.346 e. The van der Waals surface area contributed by atoms with E-state index in [1.165, 1.54) is 24.8 Å². The number of rotatable bonds is 6. The molecule has 50 heavy (non-hydrogen) atoms. The predicted octanol–water partition coefficient (Wildman–Crippen LogP) is 5.62. The van der Waals surface area contributed by atoms with Gasteiger partial charge in [-0.2, -0.15) is 25.0 Å². The quantitative estimate of drug-likeness (QED) is 0.235. The molecule has 3 saturated heterocycles. The number of alkyl halides is 1. The molecule has 8 rings (SSSR count). The van der Waals surface area contributed by atoms with Gasteiger partial charge in [-0.25, -0.2) is 22.9 Å². The zero-order chi connectivity index (χ0) is 34.9. The maximum atomic E-state index is 17.0. The highest BCUT2D eigenvalue weighted by Gasteiger charge is 2.49. The Hall–Kier alpha value is -4.72. The molecule has 2 N–H and O–H groups in total. The summed E-state index contributed by atoms with van der Waals surface area (Å²) in [6.45, 7) is 2.04. The molecule has 3 atom stereocenters. The molecular formula is C33H30ClF3N10O2S. The molecule has 3 aliphatic heterocycles. The summed E-state index contributed by atoms with van der Waals surface area (Å²) in [5.41, 5.74) is 5.59. The number of nitrogens with two attached hydrogens (primary N) is 1. The largest absolute Gasteiger partial charge is 0.461 e. The van der Waals surface area contributed by atoms with E-state index >= 15 is 4.39 Å². The first-order chi connectivity index (χ1) is 24.1. The molecule has 1 amide bonds. The standard InChI is InChI=1S/C33H30ClF3N10O2S/c1-44(32(48)47-16-40-15-41-47)18-5-8-45(13-18)30-20-9-22(34)25(19-3-4-23(36)28-24(19)21(11-38)29(39)50-28)26(37)27(20)42-31(43-30)49-14-33-6-2-7-46(33)12-17(35)10-33/h3-4,9,15-18H,2,5-8,10,12-14,39H2,1H3/t17-,18?,33+/m1/s1. The third kappa shape index (κ3) is 5.17. The molecule has 0 saturated carbocycles. The maximum Gasteiger partial charge on any atom is 0.346 e. The van der Waals surface area contributed by atoms with Crippen LogP contribution in [-0.2, 0) is 0 Å². The number of ether oxygens (including phenoxy) is 1. The third-order valence-electron chi connectivity index (χ3n) is 10.2. The number of carbonyl (C=O) groups excluding carboxylic acids is 1. The first kappa shape index (κ1) is 32.5. The van der Waals surface area contributed by atoms with Gasteiger partial charge in [0.05, 0.1) is 26.9 Å². The van der Waals surface area contributed by atoms with E-state index in [1.54, 1.807) is 18.0 Å². The lowest BCUT2D eigenvalue weighted by Gasteiger charge is -2.31. The summed E-state index contributed by atoms with van der Waals surface area (Å²) in [5, 5.41) is 14.4. The van der Waals surface area contributed by atoms with Gasteiger partial charge in [-0.15, -0.1) is 11.3 Å². The molecule has 5 aromatic rings. The number of benzene rings is 2. The van der Waals surface area contributed by atoms with Crippen LogP contribution < -0.4 is 15.4 Å². The van der Waals surface area contributed by atoms with Crippen molar-refractivity contribution in [3.63, 3.8) is 0 Å². The molecule has 17 heteroatoms. The number of carbonyl (C=O) groups is 1. The van der Waals surface area contributed by atoms with Gasteiger partial charge >= 0.3 is 12.0 Å². The lowest BCUT2D eigenvalue weighted by atomic mass is 9.95. The number of thiophene rings is 1. The fraction of sp³-hybridized carbons (Fsp3) is 0.394. The van der Waals surface area contributed by atoms with Gasteiger partial charge in [0.2, 0.25) is 0 Å². The highest BCUT2D eigenvalue weighted by atomic mass is 35.5. The number of hydrogen-bond donors (Lipinski definition) is 1. The average Bonchev–Trinajstić information content (AvgIpc) is 3.93. The van der Waals surface area contributed by atoms with Crippen LogP contribution in [0.5, 0.6) is 6.01 Å². The van der Waals surface area contributed by atoms with Crippen molar-refractivity contribution in [2.24, 2.45) is 0 Å². The molecular weight excluding hydrogens is 693 g/mol. The van der Waals surface area contributed by atoms with E-state index in [9.17, 15) is 18.8 Å². The minimum absolute atomic E-state index is 0.00950. The van der Waals surface area contributed by atoms with Crippen LogP contribution in [0.2, 0.25) is 5.02 Å². The van der Waals surface area contributed by atoms with Crippen LogP contribution in [0.1, 0.15) is 31.2 Å². The second kappa shape index (κ2) is 12.3. The fourth-order valence-corrected chi connectivity index (χ4v) is 8.99. The van der Waals surface area contributed by atoms with Gasteiger partial charge in [-0.1, -0.05) is 17.7 Å². The monoisotopic (exact) mass is 722 g/mol. The Morgan fingerprint density at radius 3 is 2.90 bits per heavy atom. The van der Waals surface area contributed by atoms with Crippen molar-refractivity contribution in [3.8, 4) is 23.2 Å². The second-order valence-electron chi connectivity index (χ2n) is 13.0. The molecule has 3 aromatic heterocycles. The first-order valence-electron chi connectivity index (χ1n) is 16.1. The van der Waals surface area contributed by atoms with Crippen molar-refractivity contribution in [2.45, 2.75) is 43.4 Å². The summed E-state index contributed by atoms with van der Waals surface area (Å²) in [4.78, 5) is 31.8. The van der Waals surface area contributed by atoms with Crippen molar-refractivity contribution >= 4 is 60.8 Å². The summed E-state index contributed by atoms with van der Waals surface area (Å²) in [7, 11) is 1.68. The van der Waals surface area contributed by atoms with Crippen LogP contribution in [-0.4, -0.2) is 98.1 Å². The highest BCUT2D eigenvalue weighted by molar-refractivity contribution is 7.23. The summed E-state index contributed by atoms with van der Waals surface area (Å²) in [6, 6.07) is 5.42. The average molecular weight is 723 g/mol. The maximum absolute atomic E-state index is 17.0. The number of nitrogen functional groups attached to an aromatic ring is 1. The summed E-state index contributed by atoms with van der Waals surface area (Å²) in [5.74, 6) is -1.07. The Labute approximate surface area is 292 Å². The van der Waals surface area contributed by atoms with E-state index in [0.29, 0.717) is 43.7 Å². The van der Waals surface area contributed by atoms with Gasteiger partial charge < -0.3 is 20.3 Å². The zero-order valence-corrected chi connectivity index (χ0v) is 28.3. The lowest BCUT2D eigenvalue weighted by molar-refractivity contribution is 0.107. The van der Waals surface area contributed by atoms with Gasteiger partial charge in [0.1, 0.15) is 53.7 Å². The minimum atomic E-state index is -0.968. The Morgan fingerprint density at radius 2 is 2.12 bits per heavy atom.